The summed E-state index contributed by atoms with van der Waals surface area (Å²) in [7, 11) is 1.60. The van der Waals surface area contributed by atoms with Crippen LogP contribution in [0, 0.1) is 0 Å². The van der Waals surface area contributed by atoms with Crippen LogP contribution >= 0.6 is 0 Å². The highest BCUT2D eigenvalue weighted by atomic mass is 16.5. The van der Waals surface area contributed by atoms with Crippen LogP contribution in [0.4, 0.5) is 0 Å². The van der Waals surface area contributed by atoms with Crippen molar-refractivity contribution in [1.82, 2.24) is 9.55 Å². The molecule has 15 heavy (non-hydrogen) atoms. The molecule has 2 rings (SSSR count). The average molecular weight is 202 g/mol. The number of carbonyl (C=O) groups excluding carboxylic acids is 1. The molecule has 0 spiro atoms. The van der Waals surface area contributed by atoms with E-state index in [1.807, 2.05) is 24.3 Å². The monoisotopic (exact) mass is 202 g/mol. The van der Waals surface area contributed by atoms with Crippen LogP contribution in [0.1, 0.15) is 10.5 Å². The zero-order valence-corrected chi connectivity index (χ0v) is 8.25. The number of hydrogen-bond donors (Lipinski definition) is 0. The summed E-state index contributed by atoms with van der Waals surface area (Å²) < 4.78 is 6.81. The Balaban J connectivity index is 2.48. The molecule has 4 nitrogen and oxygen atoms in total. The van der Waals surface area contributed by atoms with Gasteiger partial charge in [-0.05, 0) is 12.1 Å². The van der Waals surface area contributed by atoms with Crippen molar-refractivity contribution in [2.75, 3.05) is 7.11 Å². The van der Waals surface area contributed by atoms with Gasteiger partial charge in [0.2, 0.25) is 0 Å². The minimum absolute atomic E-state index is 0.517. The van der Waals surface area contributed by atoms with E-state index in [-0.39, 0.29) is 0 Å². The van der Waals surface area contributed by atoms with Crippen LogP contribution in [0.15, 0.2) is 36.8 Å². The summed E-state index contributed by atoms with van der Waals surface area (Å²) in [5.41, 5.74) is 1.37. The summed E-state index contributed by atoms with van der Waals surface area (Å²) in [4.78, 5) is 14.6. The maximum absolute atomic E-state index is 10.7. The quantitative estimate of drug-likeness (QED) is 0.711. The van der Waals surface area contributed by atoms with E-state index >= 15 is 0 Å². The number of aldehydes is 1. The van der Waals surface area contributed by atoms with Crippen LogP contribution in [0.5, 0.6) is 5.75 Å². The van der Waals surface area contributed by atoms with E-state index < -0.39 is 0 Å². The standard InChI is InChI=1S/C11H10N2O2/c1-15-11-4-2-3-9(5-11)13-8-12-6-10(13)7-14/h2-8H,1H3. The van der Waals surface area contributed by atoms with Crippen molar-refractivity contribution in [3.63, 3.8) is 0 Å². The Labute approximate surface area is 87.1 Å². The second-order valence-electron chi connectivity index (χ2n) is 3.01. The normalized spacial score (nSPS) is 9.93. The fourth-order valence-corrected chi connectivity index (χ4v) is 1.37. The molecule has 0 radical (unpaired) electrons. The molecule has 0 unspecified atom stereocenters. The van der Waals surface area contributed by atoms with Crippen molar-refractivity contribution in [2.45, 2.75) is 0 Å². The van der Waals surface area contributed by atoms with Crippen molar-refractivity contribution >= 4 is 6.29 Å². The summed E-state index contributed by atoms with van der Waals surface area (Å²) in [6, 6.07) is 7.44. The number of carbonyl (C=O) groups is 1. The first-order chi connectivity index (χ1) is 7.35. The second kappa shape index (κ2) is 3.96. The highest BCUT2D eigenvalue weighted by Crippen LogP contribution is 2.17. The van der Waals surface area contributed by atoms with Crippen molar-refractivity contribution < 1.29 is 9.53 Å². The third-order valence-corrected chi connectivity index (χ3v) is 2.12. The first-order valence-corrected chi connectivity index (χ1v) is 4.47. The highest BCUT2D eigenvalue weighted by Gasteiger charge is 2.03. The van der Waals surface area contributed by atoms with Gasteiger partial charge in [0.1, 0.15) is 11.4 Å². The smallest absolute Gasteiger partial charge is 0.168 e. The number of hydrogen-bond acceptors (Lipinski definition) is 3. The molecule has 0 fully saturated rings. The van der Waals surface area contributed by atoms with Gasteiger partial charge in [0.25, 0.3) is 0 Å². The summed E-state index contributed by atoms with van der Waals surface area (Å²) >= 11 is 0. The maximum Gasteiger partial charge on any atom is 0.168 e. The van der Waals surface area contributed by atoms with Crippen LogP contribution in [0.3, 0.4) is 0 Å². The predicted molar refractivity (Wildman–Crippen MR) is 55.5 cm³/mol. The average Bonchev–Trinajstić information content (AvgIpc) is 2.77. The van der Waals surface area contributed by atoms with E-state index in [0.717, 1.165) is 17.7 Å². The van der Waals surface area contributed by atoms with Crippen molar-refractivity contribution in [2.24, 2.45) is 0 Å². The Morgan fingerprint density at radius 2 is 2.33 bits per heavy atom. The summed E-state index contributed by atoms with van der Waals surface area (Å²) in [5.74, 6) is 0.748. The second-order valence-corrected chi connectivity index (χ2v) is 3.01. The molecule has 0 aliphatic carbocycles. The molecule has 0 saturated carbocycles. The molecule has 1 heterocycles. The molecule has 0 amide bonds. The van der Waals surface area contributed by atoms with E-state index in [1.54, 1.807) is 18.0 Å². The number of rotatable bonds is 3. The lowest BCUT2D eigenvalue weighted by Crippen LogP contribution is -1.97. The van der Waals surface area contributed by atoms with Crippen LogP contribution in [0.2, 0.25) is 0 Å². The lowest BCUT2D eigenvalue weighted by atomic mass is 10.3. The molecule has 0 atom stereocenters. The van der Waals surface area contributed by atoms with Crippen molar-refractivity contribution in [3.05, 3.63) is 42.5 Å². The molecule has 76 valence electrons. The van der Waals surface area contributed by atoms with Gasteiger partial charge in [-0.25, -0.2) is 4.98 Å². The van der Waals surface area contributed by atoms with Crippen LogP contribution in [0.25, 0.3) is 5.69 Å². The Morgan fingerprint density at radius 3 is 3.07 bits per heavy atom. The Hall–Kier alpha value is -2.10. The summed E-state index contributed by atoms with van der Waals surface area (Å²) in [5, 5.41) is 0. The zero-order valence-electron chi connectivity index (χ0n) is 8.25. The summed E-state index contributed by atoms with van der Waals surface area (Å²) in [6.07, 6.45) is 3.89. The number of methoxy groups -OCH3 is 1. The van der Waals surface area contributed by atoms with Gasteiger partial charge in [-0.2, -0.15) is 0 Å². The highest BCUT2D eigenvalue weighted by molar-refractivity contribution is 5.73. The number of nitrogens with zero attached hydrogens (tertiary/aromatic N) is 2. The molecule has 1 aromatic carbocycles. The van der Waals surface area contributed by atoms with E-state index in [2.05, 4.69) is 4.98 Å². The summed E-state index contributed by atoms with van der Waals surface area (Å²) in [6.45, 7) is 0. The third kappa shape index (κ3) is 1.74. The van der Waals surface area contributed by atoms with Crippen LogP contribution in [-0.2, 0) is 0 Å². The minimum atomic E-state index is 0.517. The topological polar surface area (TPSA) is 44.1 Å². The third-order valence-electron chi connectivity index (χ3n) is 2.12. The van der Waals surface area contributed by atoms with E-state index in [9.17, 15) is 4.79 Å². The molecule has 0 bridgehead atoms. The lowest BCUT2D eigenvalue weighted by Gasteiger charge is -2.06. The molecule has 0 saturated heterocycles. The lowest BCUT2D eigenvalue weighted by molar-refractivity contribution is 0.111. The zero-order chi connectivity index (χ0) is 10.7. The number of aromatic nitrogens is 2. The molecular formula is C11H10N2O2. The van der Waals surface area contributed by atoms with Crippen LogP contribution in [-0.4, -0.2) is 22.9 Å². The molecule has 4 heteroatoms. The number of benzene rings is 1. The van der Waals surface area contributed by atoms with E-state index in [1.165, 1.54) is 6.20 Å². The minimum Gasteiger partial charge on any atom is -0.497 e. The molecule has 0 N–H and O–H groups in total. The number of ether oxygens (including phenoxy) is 1. The Morgan fingerprint density at radius 1 is 1.47 bits per heavy atom. The Bertz CT molecular complexity index is 477. The first kappa shape index (κ1) is 9.45. The first-order valence-electron chi connectivity index (χ1n) is 4.47. The van der Waals surface area contributed by atoms with Gasteiger partial charge in [0, 0.05) is 6.07 Å². The molecular weight excluding hydrogens is 192 g/mol. The number of imidazole rings is 1. The van der Waals surface area contributed by atoms with Gasteiger partial charge in [-0.3, -0.25) is 9.36 Å². The molecule has 1 aromatic heterocycles. The predicted octanol–water partition coefficient (Wildman–Crippen LogP) is 1.69. The van der Waals surface area contributed by atoms with Crippen molar-refractivity contribution in [1.29, 1.82) is 0 Å². The Kier molecular flexibility index (Phi) is 2.49. The molecule has 0 aliphatic rings. The van der Waals surface area contributed by atoms with Gasteiger partial charge in [0.15, 0.2) is 6.29 Å². The fraction of sp³-hybridized carbons (Fsp3) is 0.0909. The van der Waals surface area contributed by atoms with Crippen LogP contribution < -0.4 is 4.74 Å². The van der Waals surface area contributed by atoms with Gasteiger partial charge in [0.05, 0.1) is 25.3 Å². The van der Waals surface area contributed by atoms with E-state index in [4.69, 9.17) is 4.74 Å². The van der Waals surface area contributed by atoms with Gasteiger partial charge in [-0.1, -0.05) is 6.07 Å². The molecule has 0 aliphatic heterocycles. The van der Waals surface area contributed by atoms with Gasteiger partial charge < -0.3 is 4.74 Å². The maximum atomic E-state index is 10.7. The fourth-order valence-electron chi connectivity index (χ4n) is 1.37. The van der Waals surface area contributed by atoms with Crippen molar-refractivity contribution in [3.8, 4) is 11.4 Å². The van der Waals surface area contributed by atoms with Gasteiger partial charge in [-0.15, -0.1) is 0 Å². The SMILES string of the molecule is COc1cccc(-n2cncc2C=O)c1. The van der Waals surface area contributed by atoms with E-state index in [0.29, 0.717) is 5.69 Å². The van der Waals surface area contributed by atoms with Gasteiger partial charge >= 0.3 is 0 Å². The largest absolute Gasteiger partial charge is 0.497 e. The molecule has 2 aromatic rings.